The van der Waals surface area contributed by atoms with E-state index in [1.165, 1.54) is 31.4 Å². The molecule has 16 heavy (non-hydrogen) atoms. The van der Waals surface area contributed by atoms with Crippen molar-refractivity contribution in [3.8, 4) is 0 Å². The Kier molecular flexibility index (Phi) is 4.37. The molecule has 0 radical (unpaired) electrons. The fourth-order valence-corrected chi connectivity index (χ4v) is 1.27. The Bertz CT molecular complexity index is 352. The van der Waals surface area contributed by atoms with Crippen molar-refractivity contribution in [1.29, 1.82) is 0 Å². The van der Waals surface area contributed by atoms with Gasteiger partial charge in [-0.25, -0.2) is 8.78 Å². The molecule has 3 nitrogen and oxygen atoms in total. The number of benzene rings is 1. The second kappa shape index (κ2) is 5.55. The molecule has 88 valence electrons. The second-order valence-corrected chi connectivity index (χ2v) is 3.35. The number of esters is 1. The molecular formula is C11H13F2NO2. The zero-order valence-corrected chi connectivity index (χ0v) is 8.82. The highest BCUT2D eigenvalue weighted by Crippen LogP contribution is 2.21. The summed E-state index contributed by atoms with van der Waals surface area (Å²) >= 11 is 0. The molecule has 0 heterocycles. The molecule has 0 aliphatic rings. The zero-order chi connectivity index (χ0) is 12.1. The van der Waals surface area contributed by atoms with Gasteiger partial charge < -0.3 is 10.5 Å². The lowest BCUT2D eigenvalue weighted by Gasteiger charge is -2.11. The molecule has 1 aromatic rings. The first-order valence-electron chi connectivity index (χ1n) is 4.75. The van der Waals surface area contributed by atoms with E-state index in [0.717, 1.165) is 0 Å². The van der Waals surface area contributed by atoms with Gasteiger partial charge in [0.2, 0.25) is 0 Å². The molecule has 0 bridgehead atoms. The molecule has 0 fully saturated rings. The summed E-state index contributed by atoms with van der Waals surface area (Å²) in [4.78, 5) is 10.9. The van der Waals surface area contributed by atoms with Crippen LogP contribution in [-0.2, 0) is 9.53 Å². The van der Waals surface area contributed by atoms with Crippen LogP contribution < -0.4 is 5.73 Å². The first kappa shape index (κ1) is 12.6. The minimum atomic E-state index is -2.49. The monoisotopic (exact) mass is 229 g/mol. The van der Waals surface area contributed by atoms with Gasteiger partial charge in [-0.2, -0.15) is 0 Å². The highest BCUT2D eigenvalue weighted by Gasteiger charge is 2.13. The van der Waals surface area contributed by atoms with E-state index < -0.39 is 18.4 Å². The summed E-state index contributed by atoms with van der Waals surface area (Å²) in [7, 11) is 1.27. The molecule has 0 aliphatic heterocycles. The van der Waals surface area contributed by atoms with Crippen LogP contribution in [0.1, 0.15) is 30.0 Å². The van der Waals surface area contributed by atoms with Crippen molar-refractivity contribution in [2.24, 2.45) is 5.73 Å². The van der Waals surface area contributed by atoms with Gasteiger partial charge in [0.15, 0.2) is 0 Å². The van der Waals surface area contributed by atoms with Crippen LogP contribution in [0.3, 0.4) is 0 Å². The van der Waals surface area contributed by atoms with Crippen LogP contribution in [0, 0.1) is 0 Å². The summed E-state index contributed by atoms with van der Waals surface area (Å²) in [6.07, 6.45) is -2.46. The van der Waals surface area contributed by atoms with Crippen LogP contribution in [-0.4, -0.2) is 13.1 Å². The number of nitrogens with two attached hydrogens (primary N) is 1. The van der Waals surface area contributed by atoms with Gasteiger partial charge in [-0.05, 0) is 5.56 Å². The van der Waals surface area contributed by atoms with E-state index >= 15 is 0 Å². The van der Waals surface area contributed by atoms with E-state index in [1.807, 2.05) is 0 Å². The van der Waals surface area contributed by atoms with Gasteiger partial charge >= 0.3 is 5.97 Å². The van der Waals surface area contributed by atoms with Crippen LogP contribution in [0.4, 0.5) is 8.78 Å². The molecule has 5 heteroatoms. The van der Waals surface area contributed by atoms with Crippen LogP contribution >= 0.6 is 0 Å². The lowest BCUT2D eigenvalue weighted by molar-refractivity contribution is -0.141. The predicted molar refractivity (Wildman–Crippen MR) is 55.0 cm³/mol. The molecule has 0 amide bonds. The van der Waals surface area contributed by atoms with E-state index in [1.54, 1.807) is 0 Å². The third-order valence-electron chi connectivity index (χ3n) is 2.23. The Morgan fingerprint density at radius 2 is 1.81 bits per heavy atom. The molecule has 1 aromatic carbocycles. The summed E-state index contributed by atoms with van der Waals surface area (Å²) in [5.41, 5.74) is 6.28. The van der Waals surface area contributed by atoms with Crippen molar-refractivity contribution >= 4 is 5.97 Å². The average Bonchev–Trinajstić information content (AvgIpc) is 2.28. The molecule has 0 saturated heterocycles. The summed E-state index contributed by atoms with van der Waals surface area (Å²) in [6, 6.07) is 5.07. The summed E-state index contributed by atoms with van der Waals surface area (Å²) in [5, 5.41) is 0. The number of hydrogen-bond donors (Lipinski definition) is 1. The van der Waals surface area contributed by atoms with Crippen molar-refractivity contribution in [2.75, 3.05) is 7.11 Å². The number of methoxy groups -OCH3 is 1. The normalized spacial score (nSPS) is 12.6. The number of rotatable bonds is 4. The van der Waals surface area contributed by atoms with Gasteiger partial charge in [0, 0.05) is 11.6 Å². The van der Waals surface area contributed by atoms with Gasteiger partial charge in [-0.15, -0.1) is 0 Å². The minimum Gasteiger partial charge on any atom is -0.469 e. The maximum absolute atomic E-state index is 12.3. The predicted octanol–water partition coefficient (Wildman–Crippen LogP) is 2.19. The van der Waals surface area contributed by atoms with Gasteiger partial charge in [0.05, 0.1) is 13.5 Å². The van der Waals surface area contributed by atoms with Crippen molar-refractivity contribution in [1.82, 2.24) is 0 Å². The van der Waals surface area contributed by atoms with E-state index in [9.17, 15) is 13.6 Å². The average molecular weight is 229 g/mol. The Balaban J connectivity index is 2.70. The number of halogens is 2. The molecule has 0 aromatic heterocycles. The largest absolute Gasteiger partial charge is 0.469 e. The quantitative estimate of drug-likeness (QED) is 0.805. The Labute approximate surface area is 92.2 Å². The highest BCUT2D eigenvalue weighted by atomic mass is 19.3. The van der Waals surface area contributed by atoms with E-state index in [0.29, 0.717) is 5.56 Å². The number of carbonyl (C=O) groups excluding carboxylic acids is 1. The van der Waals surface area contributed by atoms with Gasteiger partial charge in [-0.1, -0.05) is 24.3 Å². The maximum Gasteiger partial charge on any atom is 0.307 e. The van der Waals surface area contributed by atoms with E-state index in [2.05, 4.69) is 4.74 Å². The summed E-state index contributed by atoms with van der Waals surface area (Å²) < 4.78 is 29.0. The molecular weight excluding hydrogens is 216 g/mol. The topological polar surface area (TPSA) is 52.3 Å². The molecule has 0 saturated carbocycles. The summed E-state index contributed by atoms with van der Waals surface area (Å²) in [5.74, 6) is -0.426. The first-order valence-corrected chi connectivity index (χ1v) is 4.75. The lowest BCUT2D eigenvalue weighted by atomic mass is 10.0. The molecule has 1 rings (SSSR count). The number of ether oxygens (including phenoxy) is 1. The zero-order valence-electron chi connectivity index (χ0n) is 8.82. The Hall–Kier alpha value is -1.49. The number of alkyl halides is 2. The van der Waals surface area contributed by atoms with Gasteiger partial charge in [0.25, 0.3) is 6.43 Å². The van der Waals surface area contributed by atoms with Crippen LogP contribution in [0.25, 0.3) is 0 Å². The molecule has 0 aliphatic carbocycles. The highest BCUT2D eigenvalue weighted by molar-refractivity contribution is 5.70. The fourth-order valence-electron chi connectivity index (χ4n) is 1.27. The van der Waals surface area contributed by atoms with Gasteiger partial charge in [0.1, 0.15) is 0 Å². The number of hydrogen-bond acceptors (Lipinski definition) is 3. The number of carbonyl (C=O) groups is 1. The smallest absolute Gasteiger partial charge is 0.307 e. The van der Waals surface area contributed by atoms with Crippen molar-refractivity contribution < 1.29 is 18.3 Å². The lowest BCUT2D eigenvalue weighted by Crippen LogP contribution is -2.16. The SMILES string of the molecule is COC(=O)CC(N)c1ccc(C(F)F)cc1. The minimum absolute atomic E-state index is 0.0323. The third-order valence-corrected chi connectivity index (χ3v) is 2.23. The van der Waals surface area contributed by atoms with Crippen LogP contribution in [0.5, 0.6) is 0 Å². The molecule has 2 N–H and O–H groups in total. The second-order valence-electron chi connectivity index (χ2n) is 3.35. The van der Waals surface area contributed by atoms with E-state index in [4.69, 9.17) is 5.73 Å². The standard InChI is InChI=1S/C11H13F2NO2/c1-16-10(15)6-9(14)7-2-4-8(5-3-7)11(12)13/h2-5,9,11H,6,14H2,1H3. The molecule has 1 unspecified atom stereocenters. The van der Waals surface area contributed by atoms with Crippen LogP contribution in [0.2, 0.25) is 0 Å². The van der Waals surface area contributed by atoms with E-state index in [-0.39, 0.29) is 12.0 Å². The Morgan fingerprint density at radius 3 is 2.25 bits per heavy atom. The maximum atomic E-state index is 12.3. The fraction of sp³-hybridized carbons (Fsp3) is 0.364. The molecule has 0 spiro atoms. The van der Waals surface area contributed by atoms with Crippen LogP contribution in [0.15, 0.2) is 24.3 Å². The third kappa shape index (κ3) is 3.27. The first-order chi connectivity index (χ1) is 7.54. The van der Waals surface area contributed by atoms with Crippen molar-refractivity contribution in [3.63, 3.8) is 0 Å². The Morgan fingerprint density at radius 1 is 1.31 bits per heavy atom. The van der Waals surface area contributed by atoms with Crippen molar-refractivity contribution in [2.45, 2.75) is 18.9 Å². The molecule has 1 atom stereocenters. The summed E-state index contributed by atoms with van der Waals surface area (Å²) in [6.45, 7) is 0. The van der Waals surface area contributed by atoms with Crippen molar-refractivity contribution in [3.05, 3.63) is 35.4 Å². The van der Waals surface area contributed by atoms with Gasteiger partial charge in [-0.3, -0.25) is 4.79 Å².